The Morgan fingerprint density at radius 3 is 2.38 bits per heavy atom. The number of rotatable bonds is 2. The molecule has 0 aliphatic heterocycles. The lowest BCUT2D eigenvalue weighted by molar-refractivity contribution is -0.0941. The van der Waals surface area contributed by atoms with Gasteiger partial charge in [-0.2, -0.15) is 5.26 Å². The zero-order chi connectivity index (χ0) is 15.3. The monoisotopic (exact) mass is 287 g/mol. The average molecular weight is 287 g/mol. The molecule has 1 nitrogen and oxygen atoms in total. The molecule has 3 aliphatic rings. The molecular formula is C20H33N. The van der Waals surface area contributed by atoms with E-state index in [2.05, 4.69) is 33.8 Å². The lowest BCUT2D eigenvalue weighted by Crippen LogP contribution is -2.51. The van der Waals surface area contributed by atoms with Crippen LogP contribution in [0.1, 0.15) is 79.1 Å². The first-order chi connectivity index (χ1) is 10.0. The quantitative estimate of drug-likeness (QED) is 0.629. The van der Waals surface area contributed by atoms with Gasteiger partial charge in [-0.15, -0.1) is 0 Å². The Labute approximate surface area is 131 Å². The molecule has 7 unspecified atom stereocenters. The van der Waals surface area contributed by atoms with Crippen molar-refractivity contribution in [3.05, 3.63) is 0 Å². The van der Waals surface area contributed by atoms with Gasteiger partial charge in [-0.25, -0.2) is 0 Å². The van der Waals surface area contributed by atoms with Crippen LogP contribution < -0.4 is 0 Å². The van der Waals surface area contributed by atoms with Crippen LogP contribution in [0, 0.1) is 51.8 Å². The predicted octanol–water partition coefficient (Wildman–Crippen LogP) is 5.80. The Balaban J connectivity index is 1.90. The third kappa shape index (κ3) is 2.01. The first-order valence-corrected chi connectivity index (χ1v) is 9.40. The van der Waals surface area contributed by atoms with E-state index in [1.54, 1.807) is 0 Å². The summed E-state index contributed by atoms with van der Waals surface area (Å²) in [6.45, 7) is 9.86. The summed E-state index contributed by atoms with van der Waals surface area (Å²) in [4.78, 5) is 0. The van der Waals surface area contributed by atoms with Gasteiger partial charge in [0.1, 0.15) is 0 Å². The van der Waals surface area contributed by atoms with Gasteiger partial charge < -0.3 is 0 Å². The molecule has 0 aromatic carbocycles. The molecule has 0 radical (unpaired) electrons. The fourth-order valence-corrected chi connectivity index (χ4v) is 6.97. The number of hydrogen-bond donors (Lipinski definition) is 0. The summed E-state index contributed by atoms with van der Waals surface area (Å²) in [5, 5.41) is 9.55. The molecule has 1 heteroatoms. The summed E-state index contributed by atoms with van der Waals surface area (Å²) in [6.07, 6.45) is 10.8. The molecule has 7 atom stereocenters. The maximum absolute atomic E-state index is 9.55. The summed E-state index contributed by atoms with van der Waals surface area (Å²) in [5.41, 5.74) is 0.896. The van der Waals surface area contributed by atoms with Gasteiger partial charge in [0.25, 0.3) is 0 Å². The Kier molecular flexibility index (Phi) is 3.88. The number of fused-ring (bicyclic) bond motifs is 3. The lowest BCUT2D eigenvalue weighted by atomic mass is 9.46. The molecule has 0 aromatic heterocycles. The highest BCUT2D eigenvalue weighted by atomic mass is 14.6. The van der Waals surface area contributed by atoms with E-state index in [0.29, 0.717) is 16.7 Å². The maximum atomic E-state index is 9.55. The van der Waals surface area contributed by atoms with E-state index < -0.39 is 0 Å². The predicted molar refractivity (Wildman–Crippen MR) is 87.6 cm³/mol. The molecule has 3 rings (SSSR count). The fraction of sp³-hybridized carbons (Fsp3) is 0.950. The van der Waals surface area contributed by atoms with Gasteiger partial charge in [-0.1, -0.05) is 40.5 Å². The van der Waals surface area contributed by atoms with Crippen molar-refractivity contribution in [2.24, 2.45) is 40.4 Å². The molecule has 0 aromatic rings. The van der Waals surface area contributed by atoms with E-state index in [1.807, 2.05) is 0 Å². The van der Waals surface area contributed by atoms with Crippen molar-refractivity contribution in [3.63, 3.8) is 0 Å². The van der Waals surface area contributed by atoms with Crippen molar-refractivity contribution in [1.29, 1.82) is 5.26 Å². The molecule has 0 N–H and O–H groups in total. The zero-order valence-corrected chi connectivity index (χ0v) is 14.5. The summed E-state index contributed by atoms with van der Waals surface area (Å²) in [6, 6.07) is 2.65. The highest BCUT2D eigenvalue weighted by Crippen LogP contribution is 2.66. The smallest absolute Gasteiger partial charge is 0.0661 e. The molecule has 0 spiro atoms. The first kappa shape index (κ1) is 15.4. The van der Waals surface area contributed by atoms with Gasteiger partial charge >= 0.3 is 0 Å². The van der Waals surface area contributed by atoms with E-state index in [-0.39, 0.29) is 0 Å². The highest BCUT2D eigenvalue weighted by Gasteiger charge is 2.58. The minimum absolute atomic E-state index is 0.334. The fourth-order valence-electron chi connectivity index (χ4n) is 6.97. The minimum Gasteiger partial charge on any atom is -0.198 e. The summed E-state index contributed by atoms with van der Waals surface area (Å²) >= 11 is 0. The van der Waals surface area contributed by atoms with Crippen LogP contribution in [0.25, 0.3) is 0 Å². The van der Waals surface area contributed by atoms with E-state index in [4.69, 9.17) is 0 Å². The molecule has 21 heavy (non-hydrogen) atoms. The zero-order valence-electron chi connectivity index (χ0n) is 14.5. The van der Waals surface area contributed by atoms with Crippen LogP contribution in [-0.2, 0) is 0 Å². The topological polar surface area (TPSA) is 23.8 Å². The molecule has 3 aliphatic carbocycles. The maximum Gasteiger partial charge on any atom is 0.0661 e. The Morgan fingerprint density at radius 2 is 1.76 bits per heavy atom. The van der Waals surface area contributed by atoms with Crippen molar-refractivity contribution in [1.82, 2.24) is 0 Å². The van der Waals surface area contributed by atoms with Crippen LogP contribution in [0.4, 0.5) is 0 Å². The Hall–Kier alpha value is -0.510. The second-order valence-corrected chi connectivity index (χ2v) is 8.72. The van der Waals surface area contributed by atoms with Crippen molar-refractivity contribution in [2.45, 2.75) is 79.1 Å². The average Bonchev–Trinajstić information content (AvgIpc) is 2.84. The van der Waals surface area contributed by atoms with Gasteiger partial charge in [-0.3, -0.25) is 0 Å². The largest absolute Gasteiger partial charge is 0.198 e. The lowest BCUT2D eigenvalue weighted by Gasteiger charge is -2.58. The number of nitriles is 1. The second-order valence-electron chi connectivity index (χ2n) is 8.72. The normalized spacial score (nSPS) is 52.8. The molecule has 0 amide bonds. The van der Waals surface area contributed by atoms with Crippen molar-refractivity contribution < 1.29 is 0 Å². The number of nitrogens with zero attached hydrogens (tertiary/aromatic N) is 1. The van der Waals surface area contributed by atoms with Crippen LogP contribution in [-0.4, -0.2) is 0 Å². The standard InChI is InChI=1S/C20H33N/c1-5-14-7-9-16-17-10-8-15(13-21)20(17,4)12-11-18(16)19(14,3)6-2/h14-18H,5-12H2,1-4H3. The van der Waals surface area contributed by atoms with Crippen LogP contribution in [0.2, 0.25) is 0 Å². The molecule has 0 saturated heterocycles. The van der Waals surface area contributed by atoms with Gasteiger partial charge in [-0.05, 0) is 73.0 Å². The van der Waals surface area contributed by atoms with E-state index >= 15 is 0 Å². The molecule has 118 valence electrons. The molecule has 0 heterocycles. The number of hydrogen-bond acceptors (Lipinski definition) is 1. The van der Waals surface area contributed by atoms with Crippen molar-refractivity contribution in [2.75, 3.05) is 0 Å². The van der Waals surface area contributed by atoms with E-state index in [0.717, 1.165) is 23.7 Å². The first-order valence-electron chi connectivity index (χ1n) is 9.40. The molecule has 3 fully saturated rings. The van der Waals surface area contributed by atoms with Crippen LogP contribution in [0.3, 0.4) is 0 Å². The van der Waals surface area contributed by atoms with Crippen LogP contribution in [0.15, 0.2) is 0 Å². The van der Waals surface area contributed by atoms with E-state index in [9.17, 15) is 5.26 Å². The van der Waals surface area contributed by atoms with Crippen LogP contribution >= 0.6 is 0 Å². The van der Waals surface area contributed by atoms with Gasteiger partial charge in [0.2, 0.25) is 0 Å². The second kappa shape index (κ2) is 5.29. The Bertz CT molecular complexity index is 436. The van der Waals surface area contributed by atoms with Gasteiger partial charge in [0, 0.05) is 0 Å². The van der Waals surface area contributed by atoms with Crippen molar-refractivity contribution in [3.8, 4) is 6.07 Å². The van der Waals surface area contributed by atoms with Gasteiger partial charge in [0.05, 0.1) is 12.0 Å². The molecule has 0 bridgehead atoms. The van der Waals surface area contributed by atoms with Crippen LogP contribution in [0.5, 0.6) is 0 Å². The SMILES string of the molecule is CCC1CCC2C3CCC(C#N)C3(C)CCC2C1(C)CC. The minimum atomic E-state index is 0.334. The summed E-state index contributed by atoms with van der Waals surface area (Å²) in [5.74, 6) is 3.94. The van der Waals surface area contributed by atoms with E-state index in [1.165, 1.54) is 51.4 Å². The summed E-state index contributed by atoms with van der Waals surface area (Å²) in [7, 11) is 0. The van der Waals surface area contributed by atoms with Crippen molar-refractivity contribution >= 4 is 0 Å². The molecule has 3 saturated carbocycles. The summed E-state index contributed by atoms with van der Waals surface area (Å²) < 4.78 is 0. The molecular weight excluding hydrogens is 254 g/mol. The Morgan fingerprint density at radius 1 is 1.00 bits per heavy atom. The highest BCUT2D eigenvalue weighted by molar-refractivity contribution is 5.11. The third-order valence-electron chi connectivity index (χ3n) is 8.48. The van der Waals surface area contributed by atoms with Gasteiger partial charge in [0.15, 0.2) is 0 Å². The third-order valence-corrected chi connectivity index (χ3v) is 8.48.